The van der Waals surface area contributed by atoms with Gasteiger partial charge >= 0.3 is 0 Å². The summed E-state index contributed by atoms with van der Waals surface area (Å²) in [4.78, 5) is 2.58. The maximum absolute atomic E-state index is 4.67. The first-order valence-corrected chi connectivity index (χ1v) is 7.39. The molecule has 1 saturated heterocycles. The summed E-state index contributed by atoms with van der Waals surface area (Å²) in [5.74, 6) is 0. The van der Waals surface area contributed by atoms with Crippen molar-refractivity contribution in [2.45, 2.75) is 52.1 Å². The lowest BCUT2D eigenvalue weighted by molar-refractivity contribution is 0.209. The molecule has 2 heterocycles. The van der Waals surface area contributed by atoms with Crippen LogP contribution in [-0.4, -0.2) is 40.4 Å². The third kappa shape index (κ3) is 3.37. The van der Waals surface area contributed by atoms with Crippen molar-refractivity contribution in [1.82, 2.24) is 20.0 Å². The predicted molar refractivity (Wildman–Crippen MR) is 79.3 cm³/mol. The third-order valence-corrected chi connectivity index (χ3v) is 3.95. The zero-order valence-corrected chi connectivity index (χ0v) is 13.0. The van der Waals surface area contributed by atoms with E-state index in [0.29, 0.717) is 6.04 Å². The lowest BCUT2D eigenvalue weighted by Gasteiger charge is -2.28. The van der Waals surface area contributed by atoms with Crippen molar-refractivity contribution in [3.05, 3.63) is 17.5 Å². The first-order chi connectivity index (χ1) is 8.91. The first-order valence-electron chi connectivity index (χ1n) is 7.39. The summed E-state index contributed by atoms with van der Waals surface area (Å²) in [7, 11) is 2.02. The zero-order chi connectivity index (χ0) is 14.0. The summed E-state index contributed by atoms with van der Waals surface area (Å²) in [5.41, 5.74) is 2.73. The fourth-order valence-electron chi connectivity index (χ4n) is 2.95. The molecule has 1 aliphatic heterocycles. The third-order valence-electron chi connectivity index (χ3n) is 3.95. The highest BCUT2D eigenvalue weighted by atomic mass is 15.3. The van der Waals surface area contributed by atoms with E-state index in [1.54, 1.807) is 0 Å². The minimum atomic E-state index is 0.115. The van der Waals surface area contributed by atoms with Crippen LogP contribution in [-0.2, 0) is 19.0 Å². The summed E-state index contributed by atoms with van der Waals surface area (Å²) >= 11 is 0. The van der Waals surface area contributed by atoms with Gasteiger partial charge in [-0.2, -0.15) is 5.10 Å². The molecule has 0 radical (unpaired) electrons. The van der Waals surface area contributed by atoms with Crippen LogP contribution in [0.2, 0.25) is 0 Å². The van der Waals surface area contributed by atoms with Gasteiger partial charge in [0.1, 0.15) is 0 Å². The van der Waals surface area contributed by atoms with Gasteiger partial charge < -0.3 is 5.32 Å². The van der Waals surface area contributed by atoms with E-state index in [4.69, 9.17) is 0 Å². The Balaban J connectivity index is 2.17. The molecule has 1 atom stereocenters. The van der Waals surface area contributed by atoms with E-state index < -0.39 is 0 Å². The Morgan fingerprint density at radius 1 is 1.47 bits per heavy atom. The number of nitrogens with one attached hydrogen (secondary N) is 1. The Hall–Kier alpha value is -0.870. The Kier molecular flexibility index (Phi) is 4.31. The van der Waals surface area contributed by atoms with Crippen LogP contribution in [0.5, 0.6) is 0 Å². The summed E-state index contributed by atoms with van der Waals surface area (Å²) in [6, 6.07) is 0.679. The van der Waals surface area contributed by atoms with E-state index in [9.17, 15) is 0 Å². The molecule has 1 aromatic rings. The minimum absolute atomic E-state index is 0.115. The van der Waals surface area contributed by atoms with Crippen LogP contribution in [0.15, 0.2) is 6.20 Å². The van der Waals surface area contributed by atoms with Gasteiger partial charge in [0.25, 0.3) is 0 Å². The number of aromatic nitrogens is 2. The molecule has 1 N–H and O–H groups in total. The number of hydrogen-bond acceptors (Lipinski definition) is 3. The number of likely N-dealkylation sites (N-methyl/N-ethyl adjacent to an activating group) is 1. The van der Waals surface area contributed by atoms with Crippen LogP contribution in [0, 0.1) is 0 Å². The van der Waals surface area contributed by atoms with E-state index in [-0.39, 0.29) is 5.41 Å². The standard InChI is InChI=1S/C15H28N4/c1-6-19(13-7-8-16-9-13)11-12-10-18(5)17-14(12)15(2,3)4/h10,13,16H,6-9,11H2,1-5H3. The fraction of sp³-hybridized carbons (Fsp3) is 0.800. The summed E-state index contributed by atoms with van der Waals surface area (Å²) in [6.45, 7) is 13.4. The van der Waals surface area contributed by atoms with Crippen molar-refractivity contribution in [3.63, 3.8) is 0 Å². The van der Waals surface area contributed by atoms with Crippen LogP contribution in [0.3, 0.4) is 0 Å². The van der Waals surface area contributed by atoms with Crippen LogP contribution < -0.4 is 5.32 Å². The maximum Gasteiger partial charge on any atom is 0.0722 e. The van der Waals surface area contributed by atoms with Gasteiger partial charge in [0.05, 0.1) is 5.69 Å². The number of rotatable bonds is 4. The fourth-order valence-corrected chi connectivity index (χ4v) is 2.95. The Labute approximate surface area is 117 Å². The highest BCUT2D eigenvalue weighted by Crippen LogP contribution is 2.26. The van der Waals surface area contributed by atoms with Gasteiger partial charge in [0, 0.05) is 43.4 Å². The van der Waals surface area contributed by atoms with Gasteiger partial charge in [0.15, 0.2) is 0 Å². The highest BCUT2D eigenvalue weighted by molar-refractivity contribution is 5.24. The lowest BCUT2D eigenvalue weighted by atomic mass is 9.89. The number of nitrogens with zero attached hydrogens (tertiary/aromatic N) is 3. The average molecular weight is 264 g/mol. The predicted octanol–water partition coefficient (Wildman–Crippen LogP) is 1.90. The average Bonchev–Trinajstić information content (AvgIpc) is 2.94. The van der Waals surface area contributed by atoms with Gasteiger partial charge in [-0.05, 0) is 19.5 Å². The van der Waals surface area contributed by atoms with Crippen molar-refractivity contribution < 1.29 is 0 Å². The molecule has 1 aliphatic rings. The number of aryl methyl sites for hydroxylation is 1. The van der Waals surface area contributed by atoms with Gasteiger partial charge in [-0.25, -0.2) is 0 Å². The normalized spacial score (nSPS) is 20.4. The monoisotopic (exact) mass is 264 g/mol. The molecule has 1 aromatic heterocycles. The zero-order valence-electron chi connectivity index (χ0n) is 13.0. The van der Waals surface area contributed by atoms with Crippen LogP contribution in [0.1, 0.15) is 45.4 Å². The number of hydrogen-bond donors (Lipinski definition) is 1. The largest absolute Gasteiger partial charge is 0.315 e. The minimum Gasteiger partial charge on any atom is -0.315 e. The summed E-state index contributed by atoms with van der Waals surface area (Å²) in [6.07, 6.45) is 3.45. The Bertz CT molecular complexity index is 410. The van der Waals surface area contributed by atoms with E-state index in [0.717, 1.165) is 26.2 Å². The molecule has 108 valence electrons. The van der Waals surface area contributed by atoms with Crippen molar-refractivity contribution in [3.8, 4) is 0 Å². The van der Waals surface area contributed by atoms with Gasteiger partial charge in [-0.3, -0.25) is 9.58 Å². The smallest absolute Gasteiger partial charge is 0.0722 e. The van der Waals surface area contributed by atoms with Crippen molar-refractivity contribution >= 4 is 0 Å². The lowest BCUT2D eigenvalue weighted by Crippen LogP contribution is -2.36. The van der Waals surface area contributed by atoms with E-state index in [1.807, 2.05) is 11.7 Å². The van der Waals surface area contributed by atoms with Crippen molar-refractivity contribution in [2.24, 2.45) is 7.05 Å². The maximum atomic E-state index is 4.67. The molecule has 4 heteroatoms. The Morgan fingerprint density at radius 3 is 2.74 bits per heavy atom. The molecule has 1 fully saturated rings. The molecule has 0 bridgehead atoms. The second-order valence-corrected chi connectivity index (χ2v) is 6.64. The summed E-state index contributed by atoms with van der Waals surface area (Å²) in [5, 5.41) is 8.13. The quantitative estimate of drug-likeness (QED) is 0.901. The molecule has 0 aliphatic carbocycles. The highest BCUT2D eigenvalue weighted by Gasteiger charge is 2.26. The van der Waals surface area contributed by atoms with Crippen molar-refractivity contribution in [1.29, 1.82) is 0 Å². The van der Waals surface area contributed by atoms with E-state index in [1.165, 1.54) is 17.7 Å². The van der Waals surface area contributed by atoms with Gasteiger partial charge in [-0.1, -0.05) is 27.7 Å². The van der Waals surface area contributed by atoms with Crippen LogP contribution in [0.4, 0.5) is 0 Å². The molecule has 19 heavy (non-hydrogen) atoms. The topological polar surface area (TPSA) is 33.1 Å². The molecule has 0 spiro atoms. The molecule has 0 amide bonds. The van der Waals surface area contributed by atoms with Crippen LogP contribution >= 0.6 is 0 Å². The molecule has 0 saturated carbocycles. The Morgan fingerprint density at radius 2 is 2.21 bits per heavy atom. The van der Waals surface area contributed by atoms with Crippen LogP contribution in [0.25, 0.3) is 0 Å². The second kappa shape index (κ2) is 5.63. The molecular formula is C15H28N4. The molecule has 4 nitrogen and oxygen atoms in total. The van der Waals surface area contributed by atoms with Gasteiger partial charge in [0.2, 0.25) is 0 Å². The molecule has 1 unspecified atom stereocenters. The SMILES string of the molecule is CCN(Cc1cn(C)nc1C(C)(C)C)C1CCNC1. The molecule has 0 aromatic carbocycles. The molecule has 2 rings (SSSR count). The first kappa shape index (κ1) is 14.5. The second-order valence-electron chi connectivity index (χ2n) is 6.64. The van der Waals surface area contributed by atoms with Gasteiger partial charge in [-0.15, -0.1) is 0 Å². The van der Waals surface area contributed by atoms with Crippen molar-refractivity contribution in [2.75, 3.05) is 19.6 Å². The van der Waals surface area contributed by atoms with E-state index in [2.05, 4.69) is 49.2 Å². The summed E-state index contributed by atoms with van der Waals surface area (Å²) < 4.78 is 1.96. The molecular weight excluding hydrogens is 236 g/mol. The van der Waals surface area contributed by atoms with E-state index >= 15 is 0 Å².